The van der Waals surface area contributed by atoms with Crippen molar-refractivity contribution in [3.63, 3.8) is 0 Å². The van der Waals surface area contributed by atoms with Gasteiger partial charge < -0.3 is 10.6 Å². The van der Waals surface area contributed by atoms with Gasteiger partial charge in [0.25, 0.3) is 0 Å². The molecule has 18 heavy (non-hydrogen) atoms. The molecule has 0 radical (unpaired) electrons. The van der Waals surface area contributed by atoms with Crippen LogP contribution in [0.4, 0.5) is 0 Å². The highest BCUT2D eigenvalue weighted by atomic mass is 16.1. The second kappa shape index (κ2) is 5.06. The molecule has 6 nitrogen and oxygen atoms in total. The van der Waals surface area contributed by atoms with Crippen molar-refractivity contribution in [2.24, 2.45) is 5.92 Å². The standard InChI is InChI=1S/C12H19N5O/c18-12(9-6-8-3-4-10(9)16-8)13-5-1-2-11-14-7-15-17-11/h7-10,16H,1-6H2,(H,13,18)(H,14,15,17). The van der Waals surface area contributed by atoms with E-state index in [-0.39, 0.29) is 11.8 Å². The average Bonchev–Trinajstić information content (AvgIpc) is 3.10. The van der Waals surface area contributed by atoms with E-state index in [2.05, 4.69) is 25.8 Å². The summed E-state index contributed by atoms with van der Waals surface area (Å²) in [7, 11) is 0. The zero-order chi connectivity index (χ0) is 12.4. The number of aromatic nitrogens is 3. The Morgan fingerprint density at radius 1 is 1.50 bits per heavy atom. The molecule has 1 aromatic rings. The fourth-order valence-electron chi connectivity index (χ4n) is 3.06. The fraction of sp³-hybridized carbons (Fsp3) is 0.750. The van der Waals surface area contributed by atoms with Crippen molar-refractivity contribution in [3.05, 3.63) is 12.2 Å². The Kier molecular flexibility index (Phi) is 3.27. The summed E-state index contributed by atoms with van der Waals surface area (Å²) in [5.74, 6) is 1.28. The number of nitrogens with one attached hydrogen (secondary N) is 3. The lowest BCUT2D eigenvalue weighted by atomic mass is 9.88. The van der Waals surface area contributed by atoms with E-state index >= 15 is 0 Å². The van der Waals surface area contributed by atoms with Gasteiger partial charge in [-0.1, -0.05) is 0 Å². The Balaban J connectivity index is 1.37. The van der Waals surface area contributed by atoms with Crippen LogP contribution in [0.3, 0.4) is 0 Å². The van der Waals surface area contributed by atoms with Gasteiger partial charge in [0.2, 0.25) is 5.91 Å². The highest BCUT2D eigenvalue weighted by Gasteiger charge is 2.42. The number of hydrogen-bond acceptors (Lipinski definition) is 4. The third kappa shape index (κ3) is 2.38. The molecule has 2 fully saturated rings. The fourth-order valence-corrected chi connectivity index (χ4v) is 3.06. The summed E-state index contributed by atoms with van der Waals surface area (Å²) in [5.41, 5.74) is 0. The van der Waals surface area contributed by atoms with Gasteiger partial charge in [0.15, 0.2) is 0 Å². The molecule has 2 aliphatic heterocycles. The molecule has 3 unspecified atom stereocenters. The van der Waals surface area contributed by atoms with Gasteiger partial charge in [-0.05, 0) is 25.7 Å². The molecule has 3 atom stereocenters. The van der Waals surface area contributed by atoms with Crippen molar-refractivity contribution in [3.8, 4) is 0 Å². The van der Waals surface area contributed by atoms with Crippen LogP contribution >= 0.6 is 0 Å². The van der Waals surface area contributed by atoms with Gasteiger partial charge in [0.05, 0.1) is 5.92 Å². The number of H-pyrrole nitrogens is 1. The van der Waals surface area contributed by atoms with Gasteiger partial charge in [0.1, 0.15) is 12.2 Å². The lowest BCUT2D eigenvalue weighted by Gasteiger charge is -2.19. The first kappa shape index (κ1) is 11.6. The largest absolute Gasteiger partial charge is 0.356 e. The Morgan fingerprint density at radius 3 is 3.11 bits per heavy atom. The number of aryl methyl sites for hydroxylation is 1. The van der Waals surface area contributed by atoms with Crippen molar-refractivity contribution in [2.45, 2.75) is 44.2 Å². The van der Waals surface area contributed by atoms with Gasteiger partial charge in [-0.3, -0.25) is 9.89 Å². The highest BCUT2D eigenvalue weighted by Crippen LogP contribution is 2.33. The Labute approximate surface area is 106 Å². The average molecular weight is 249 g/mol. The summed E-state index contributed by atoms with van der Waals surface area (Å²) in [5, 5.41) is 13.1. The van der Waals surface area contributed by atoms with Gasteiger partial charge in [0, 0.05) is 25.0 Å². The maximum Gasteiger partial charge on any atom is 0.224 e. The van der Waals surface area contributed by atoms with Crippen molar-refractivity contribution in [1.29, 1.82) is 0 Å². The first-order valence-electron chi connectivity index (χ1n) is 6.71. The molecule has 2 bridgehead atoms. The molecule has 2 aliphatic rings. The number of aromatic amines is 1. The molecule has 3 rings (SSSR count). The van der Waals surface area contributed by atoms with Crippen LogP contribution in [0, 0.1) is 5.92 Å². The monoisotopic (exact) mass is 249 g/mol. The van der Waals surface area contributed by atoms with Gasteiger partial charge in [-0.2, -0.15) is 5.10 Å². The van der Waals surface area contributed by atoms with E-state index in [1.807, 2.05) is 0 Å². The minimum Gasteiger partial charge on any atom is -0.356 e. The van der Waals surface area contributed by atoms with Crippen molar-refractivity contribution >= 4 is 5.91 Å². The summed E-state index contributed by atoms with van der Waals surface area (Å²) in [6.07, 6.45) is 6.64. The lowest BCUT2D eigenvalue weighted by molar-refractivity contribution is -0.125. The number of nitrogens with zero attached hydrogens (tertiary/aromatic N) is 2. The molecule has 2 saturated heterocycles. The number of carbonyl (C=O) groups excluding carboxylic acids is 1. The molecule has 6 heteroatoms. The number of carbonyl (C=O) groups is 1. The first-order valence-corrected chi connectivity index (χ1v) is 6.71. The quantitative estimate of drug-likeness (QED) is 0.641. The number of hydrogen-bond donors (Lipinski definition) is 3. The summed E-state index contributed by atoms with van der Waals surface area (Å²) in [6.45, 7) is 0.716. The molecule has 98 valence electrons. The Morgan fingerprint density at radius 2 is 2.44 bits per heavy atom. The SMILES string of the molecule is O=C(NCCCc1ncn[nH]1)C1CC2CCC1N2. The lowest BCUT2D eigenvalue weighted by Crippen LogP contribution is -2.38. The van der Waals surface area contributed by atoms with Crippen LogP contribution in [0.15, 0.2) is 6.33 Å². The van der Waals surface area contributed by atoms with Crippen molar-refractivity contribution in [1.82, 2.24) is 25.8 Å². The molecule has 0 saturated carbocycles. The molecule has 1 amide bonds. The van der Waals surface area contributed by atoms with E-state index in [4.69, 9.17) is 0 Å². The second-order valence-electron chi connectivity index (χ2n) is 5.22. The second-order valence-corrected chi connectivity index (χ2v) is 5.22. The van der Waals surface area contributed by atoms with Crippen molar-refractivity contribution < 1.29 is 4.79 Å². The van der Waals surface area contributed by atoms with Crippen LogP contribution in [0.1, 0.15) is 31.5 Å². The third-order valence-electron chi connectivity index (χ3n) is 3.99. The van der Waals surface area contributed by atoms with E-state index < -0.39 is 0 Å². The normalized spacial score (nSPS) is 29.7. The van der Waals surface area contributed by atoms with Crippen molar-refractivity contribution in [2.75, 3.05) is 6.54 Å². The zero-order valence-corrected chi connectivity index (χ0v) is 10.4. The number of amides is 1. The molecular formula is C12H19N5O. The van der Waals surface area contributed by atoms with Gasteiger partial charge >= 0.3 is 0 Å². The molecule has 3 N–H and O–H groups in total. The highest BCUT2D eigenvalue weighted by molar-refractivity contribution is 5.80. The molecular weight excluding hydrogens is 230 g/mol. The first-order chi connectivity index (χ1) is 8.83. The summed E-state index contributed by atoms with van der Waals surface area (Å²) in [4.78, 5) is 16.1. The molecule has 3 heterocycles. The summed E-state index contributed by atoms with van der Waals surface area (Å²) < 4.78 is 0. The number of rotatable bonds is 5. The minimum absolute atomic E-state index is 0.189. The smallest absolute Gasteiger partial charge is 0.224 e. The molecule has 0 aromatic carbocycles. The molecule has 0 aliphatic carbocycles. The van der Waals surface area contributed by atoms with E-state index in [1.54, 1.807) is 0 Å². The maximum atomic E-state index is 12.0. The van der Waals surface area contributed by atoms with E-state index in [1.165, 1.54) is 12.7 Å². The van der Waals surface area contributed by atoms with Crippen LogP contribution < -0.4 is 10.6 Å². The molecule has 0 spiro atoms. The van der Waals surface area contributed by atoms with E-state index in [0.29, 0.717) is 18.6 Å². The Hall–Kier alpha value is -1.43. The van der Waals surface area contributed by atoms with E-state index in [0.717, 1.165) is 31.5 Å². The number of fused-ring (bicyclic) bond motifs is 2. The van der Waals surface area contributed by atoms with Gasteiger partial charge in [-0.15, -0.1) is 0 Å². The Bertz CT molecular complexity index is 405. The molecule has 1 aromatic heterocycles. The van der Waals surface area contributed by atoms with Gasteiger partial charge in [-0.25, -0.2) is 4.98 Å². The van der Waals surface area contributed by atoms with Crippen LogP contribution in [0.5, 0.6) is 0 Å². The minimum atomic E-state index is 0.189. The van der Waals surface area contributed by atoms with E-state index in [9.17, 15) is 4.79 Å². The third-order valence-corrected chi connectivity index (χ3v) is 3.99. The maximum absolute atomic E-state index is 12.0. The predicted molar refractivity (Wildman–Crippen MR) is 65.8 cm³/mol. The van der Waals surface area contributed by atoms with Crippen LogP contribution in [-0.2, 0) is 11.2 Å². The summed E-state index contributed by atoms with van der Waals surface area (Å²) >= 11 is 0. The summed E-state index contributed by atoms with van der Waals surface area (Å²) in [6, 6.07) is 1.00. The predicted octanol–water partition coefficient (Wildman–Crippen LogP) is -0.00600. The van der Waals surface area contributed by atoms with Crippen LogP contribution in [-0.4, -0.2) is 39.7 Å². The van der Waals surface area contributed by atoms with Crippen LogP contribution in [0.2, 0.25) is 0 Å². The topological polar surface area (TPSA) is 82.7 Å². The zero-order valence-electron chi connectivity index (χ0n) is 10.4. The van der Waals surface area contributed by atoms with Crippen LogP contribution in [0.25, 0.3) is 0 Å².